The molecule has 0 aromatic rings. The highest BCUT2D eigenvalue weighted by Gasteiger charge is 2.33. The van der Waals surface area contributed by atoms with Gasteiger partial charge in [-0.3, -0.25) is 4.79 Å². The molecule has 6 heteroatoms. The number of rotatable bonds is 3. The number of hydrogen-bond donors (Lipinski definition) is 2. The maximum Gasteiger partial charge on any atom is 0.327 e. The van der Waals surface area contributed by atoms with Gasteiger partial charge in [-0.1, -0.05) is 0 Å². The Hall–Kier alpha value is -0.750. The highest BCUT2D eigenvalue weighted by atomic mass is 32.2. The summed E-state index contributed by atoms with van der Waals surface area (Å²) in [5, 5.41) is 12.3. The van der Waals surface area contributed by atoms with Crippen molar-refractivity contribution in [1.82, 2.24) is 10.2 Å². The summed E-state index contributed by atoms with van der Waals surface area (Å²) in [5.74, 6) is 0.871. The van der Waals surface area contributed by atoms with Gasteiger partial charge in [0.05, 0.1) is 0 Å². The van der Waals surface area contributed by atoms with Gasteiger partial charge >= 0.3 is 5.97 Å². The number of thioether (sulfide) groups is 1. The molecule has 0 spiro atoms. The highest BCUT2D eigenvalue weighted by Crippen LogP contribution is 2.20. The molecule has 0 aromatic heterocycles. The third kappa shape index (κ3) is 3.13. The number of hydrogen-bond acceptors (Lipinski definition) is 4. The Morgan fingerprint density at radius 1 is 1.47 bits per heavy atom. The van der Waals surface area contributed by atoms with E-state index in [1.807, 2.05) is 0 Å². The summed E-state index contributed by atoms with van der Waals surface area (Å²) < 4.78 is 0. The molecule has 2 fully saturated rings. The van der Waals surface area contributed by atoms with Gasteiger partial charge in [0, 0.05) is 24.5 Å². The lowest BCUT2D eigenvalue weighted by molar-refractivity contribution is -0.149. The zero-order chi connectivity index (χ0) is 12.3. The summed E-state index contributed by atoms with van der Waals surface area (Å²) in [6, 6.07) is -0.629. The Bertz CT molecular complexity index is 305. The van der Waals surface area contributed by atoms with Gasteiger partial charge in [0.25, 0.3) is 0 Å². The van der Waals surface area contributed by atoms with E-state index in [1.54, 1.807) is 16.7 Å². The summed E-state index contributed by atoms with van der Waals surface area (Å²) in [6.07, 6.45) is 1.51. The first kappa shape index (κ1) is 12.7. The van der Waals surface area contributed by atoms with Crippen LogP contribution >= 0.6 is 11.8 Å². The van der Waals surface area contributed by atoms with Crippen LogP contribution in [0.25, 0.3) is 0 Å². The van der Waals surface area contributed by atoms with Crippen LogP contribution in [0.15, 0.2) is 0 Å². The van der Waals surface area contributed by atoms with Crippen LogP contribution in [0.3, 0.4) is 0 Å². The smallest absolute Gasteiger partial charge is 0.327 e. The Labute approximate surface area is 105 Å². The van der Waals surface area contributed by atoms with Gasteiger partial charge in [-0.05, 0) is 25.4 Å². The normalized spacial score (nSPS) is 29.3. The fourth-order valence-corrected chi connectivity index (χ4v) is 3.40. The van der Waals surface area contributed by atoms with Gasteiger partial charge in [-0.25, -0.2) is 4.79 Å². The molecule has 2 aliphatic rings. The number of carboxylic acids is 1. The number of aliphatic carboxylic acids is 1. The second-order valence-electron chi connectivity index (χ2n) is 4.58. The van der Waals surface area contributed by atoms with Gasteiger partial charge in [-0.2, -0.15) is 11.8 Å². The minimum absolute atomic E-state index is 0.00593. The molecule has 1 amide bonds. The van der Waals surface area contributed by atoms with Gasteiger partial charge in [0.2, 0.25) is 5.91 Å². The molecule has 0 saturated carbocycles. The van der Waals surface area contributed by atoms with E-state index in [-0.39, 0.29) is 5.91 Å². The molecule has 2 rings (SSSR count). The predicted molar refractivity (Wildman–Crippen MR) is 66.1 cm³/mol. The first-order valence-electron chi connectivity index (χ1n) is 5.99. The van der Waals surface area contributed by atoms with Crippen LogP contribution in [-0.4, -0.2) is 59.1 Å². The van der Waals surface area contributed by atoms with Crippen molar-refractivity contribution in [2.45, 2.75) is 18.9 Å². The second-order valence-corrected chi connectivity index (χ2v) is 5.73. The third-order valence-electron chi connectivity index (χ3n) is 3.36. The van der Waals surface area contributed by atoms with E-state index in [9.17, 15) is 9.59 Å². The minimum Gasteiger partial charge on any atom is -0.480 e. The van der Waals surface area contributed by atoms with E-state index in [2.05, 4.69) is 5.32 Å². The van der Waals surface area contributed by atoms with Crippen LogP contribution in [0.1, 0.15) is 12.8 Å². The molecule has 2 atom stereocenters. The fraction of sp³-hybridized carbons (Fsp3) is 0.818. The van der Waals surface area contributed by atoms with Crippen LogP contribution in [0.4, 0.5) is 0 Å². The van der Waals surface area contributed by atoms with Gasteiger partial charge in [-0.15, -0.1) is 0 Å². The van der Waals surface area contributed by atoms with Crippen LogP contribution in [0.2, 0.25) is 0 Å². The molecule has 0 aliphatic carbocycles. The van der Waals surface area contributed by atoms with Crippen molar-refractivity contribution in [1.29, 1.82) is 0 Å². The predicted octanol–water partition coefficient (Wildman–Crippen LogP) is 0.0146. The van der Waals surface area contributed by atoms with Crippen molar-refractivity contribution >= 4 is 23.6 Å². The fourth-order valence-electron chi connectivity index (χ4n) is 2.36. The summed E-state index contributed by atoms with van der Waals surface area (Å²) in [6.45, 7) is 2.42. The molecule has 0 bridgehead atoms. The summed E-state index contributed by atoms with van der Waals surface area (Å²) in [5.41, 5.74) is 0. The maximum absolute atomic E-state index is 12.1. The van der Waals surface area contributed by atoms with Gasteiger partial charge in [0.15, 0.2) is 0 Å². The molecule has 2 aliphatic heterocycles. The molecule has 2 heterocycles. The van der Waals surface area contributed by atoms with E-state index in [0.717, 1.165) is 25.3 Å². The van der Waals surface area contributed by atoms with Crippen molar-refractivity contribution in [3.63, 3.8) is 0 Å². The van der Waals surface area contributed by atoms with Gasteiger partial charge < -0.3 is 15.3 Å². The van der Waals surface area contributed by atoms with Crippen molar-refractivity contribution < 1.29 is 14.7 Å². The van der Waals surface area contributed by atoms with Crippen molar-refractivity contribution in [2.75, 3.05) is 31.1 Å². The summed E-state index contributed by atoms with van der Waals surface area (Å²) >= 11 is 1.61. The summed E-state index contributed by atoms with van der Waals surface area (Å²) in [7, 11) is 0. The lowest BCUT2D eigenvalue weighted by Gasteiger charge is -2.33. The Kier molecular flexibility index (Phi) is 4.28. The Morgan fingerprint density at radius 3 is 2.94 bits per heavy atom. The van der Waals surface area contributed by atoms with E-state index in [0.29, 0.717) is 24.6 Å². The zero-order valence-electron chi connectivity index (χ0n) is 9.72. The standard InChI is InChI=1S/C11H18N2O3S/c14-10(5-8-1-2-12-6-8)13-3-4-17-7-9(13)11(15)16/h8-9,12H,1-7H2,(H,15,16). The largest absolute Gasteiger partial charge is 0.480 e. The first-order chi connectivity index (χ1) is 8.18. The van der Waals surface area contributed by atoms with E-state index in [4.69, 9.17) is 5.11 Å². The lowest BCUT2D eigenvalue weighted by Crippen LogP contribution is -2.50. The number of carbonyl (C=O) groups is 2. The van der Waals surface area contributed by atoms with Crippen LogP contribution in [0.5, 0.6) is 0 Å². The van der Waals surface area contributed by atoms with Crippen molar-refractivity contribution in [2.24, 2.45) is 5.92 Å². The molecule has 2 unspecified atom stereocenters. The molecule has 5 nitrogen and oxygen atoms in total. The minimum atomic E-state index is -0.880. The average Bonchev–Trinajstić information content (AvgIpc) is 2.81. The monoisotopic (exact) mass is 258 g/mol. The van der Waals surface area contributed by atoms with Crippen molar-refractivity contribution in [3.05, 3.63) is 0 Å². The van der Waals surface area contributed by atoms with E-state index >= 15 is 0 Å². The van der Waals surface area contributed by atoms with E-state index < -0.39 is 12.0 Å². The molecular formula is C11H18N2O3S. The number of amides is 1. The molecule has 2 saturated heterocycles. The lowest BCUT2D eigenvalue weighted by atomic mass is 10.0. The number of carboxylic acid groups (broad SMARTS) is 1. The maximum atomic E-state index is 12.1. The third-order valence-corrected chi connectivity index (χ3v) is 4.38. The molecule has 0 radical (unpaired) electrons. The van der Waals surface area contributed by atoms with Crippen LogP contribution in [-0.2, 0) is 9.59 Å². The van der Waals surface area contributed by atoms with Crippen molar-refractivity contribution in [3.8, 4) is 0 Å². The average molecular weight is 258 g/mol. The van der Waals surface area contributed by atoms with Crippen LogP contribution < -0.4 is 5.32 Å². The van der Waals surface area contributed by atoms with Gasteiger partial charge in [0.1, 0.15) is 6.04 Å². The molecule has 2 N–H and O–H groups in total. The first-order valence-corrected chi connectivity index (χ1v) is 7.14. The van der Waals surface area contributed by atoms with Crippen LogP contribution in [0, 0.1) is 5.92 Å². The Balaban J connectivity index is 1.93. The quantitative estimate of drug-likeness (QED) is 0.746. The Morgan fingerprint density at radius 2 is 2.29 bits per heavy atom. The summed E-state index contributed by atoms with van der Waals surface area (Å²) in [4.78, 5) is 24.7. The molecular weight excluding hydrogens is 240 g/mol. The second kappa shape index (κ2) is 5.73. The number of nitrogens with one attached hydrogen (secondary N) is 1. The topological polar surface area (TPSA) is 69.6 Å². The zero-order valence-corrected chi connectivity index (χ0v) is 10.5. The number of nitrogens with zero attached hydrogens (tertiary/aromatic N) is 1. The van der Waals surface area contributed by atoms with E-state index in [1.165, 1.54) is 0 Å². The molecule has 0 aromatic carbocycles. The molecule has 96 valence electrons. The number of carbonyl (C=O) groups excluding carboxylic acids is 1. The molecule has 17 heavy (non-hydrogen) atoms. The SMILES string of the molecule is O=C(O)C1CSCCN1C(=O)CC1CCNC1. The highest BCUT2D eigenvalue weighted by molar-refractivity contribution is 7.99.